The van der Waals surface area contributed by atoms with E-state index >= 15 is 0 Å². The Balaban J connectivity index is 0.000000147. The number of hydrogen-bond acceptors (Lipinski definition) is 3. The first-order valence-corrected chi connectivity index (χ1v) is 7.09. The summed E-state index contributed by atoms with van der Waals surface area (Å²) in [6.07, 6.45) is 6.99. The zero-order chi connectivity index (χ0) is 14.2. The number of methoxy groups -OCH3 is 1. The summed E-state index contributed by atoms with van der Waals surface area (Å²) in [7, 11) is 1.65. The van der Waals surface area contributed by atoms with Crippen molar-refractivity contribution < 1.29 is 4.74 Å². The highest BCUT2D eigenvalue weighted by molar-refractivity contribution is 5.26. The van der Waals surface area contributed by atoms with Crippen LogP contribution in [0.3, 0.4) is 0 Å². The van der Waals surface area contributed by atoms with Crippen LogP contribution in [-0.4, -0.2) is 12.1 Å². The van der Waals surface area contributed by atoms with Crippen LogP contribution < -0.4 is 10.5 Å². The van der Waals surface area contributed by atoms with Gasteiger partial charge in [0.1, 0.15) is 5.75 Å². The highest BCUT2D eigenvalue weighted by atomic mass is 16.5. The molecule has 0 amide bonds. The van der Waals surface area contributed by atoms with Crippen LogP contribution in [0.1, 0.15) is 29.7 Å². The maximum absolute atomic E-state index is 5.40. The van der Waals surface area contributed by atoms with Crippen molar-refractivity contribution in [3.63, 3.8) is 0 Å². The number of benzene rings is 1. The van der Waals surface area contributed by atoms with Crippen molar-refractivity contribution in [3.05, 3.63) is 59.4 Å². The number of hydrogen-bond donors (Lipinski definition) is 1. The largest absolute Gasteiger partial charge is 0.497 e. The molecular weight excluding hydrogens is 248 g/mol. The number of nitrogens with two attached hydrogens (primary N) is 1. The number of rotatable bonds is 2. The summed E-state index contributed by atoms with van der Waals surface area (Å²) in [6.45, 7) is 0.587. The normalized spacial score (nSPS) is 12.9. The second kappa shape index (κ2) is 7.65. The number of ether oxygens (including phenoxy) is 1. The number of pyridine rings is 1. The van der Waals surface area contributed by atoms with Gasteiger partial charge in [-0.3, -0.25) is 4.98 Å². The maximum atomic E-state index is 5.40. The van der Waals surface area contributed by atoms with E-state index in [9.17, 15) is 0 Å². The molecule has 0 saturated carbocycles. The highest BCUT2D eigenvalue weighted by Gasteiger charge is 2.07. The SMILES string of the molecule is COc1ccc(CN)cc1.c1cnc2c(c1)CCCC2. The summed E-state index contributed by atoms with van der Waals surface area (Å²) in [6, 6.07) is 12.0. The average molecular weight is 270 g/mol. The number of aromatic nitrogens is 1. The molecule has 2 N–H and O–H groups in total. The van der Waals surface area contributed by atoms with Crippen molar-refractivity contribution in [2.45, 2.75) is 32.2 Å². The zero-order valence-electron chi connectivity index (χ0n) is 12.0. The Kier molecular flexibility index (Phi) is 5.56. The Hall–Kier alpha value is -1.87. The lowest BCUT2D eigenvalue weighted by Crippen LogP contribution is -2.03. The third-order valence-electron chi connectivity index (χ3n) is 3.49. The zero-order valence-corrected chi connectivity index (χ0v) is 12.0. The van der Waals surface area contributed by atoms with E-state index in [1.807, 2.05) is 36.5 Å². The van der Waals surface area contributed by atoms with Gasteiger partial charge in [0, 0.05) is 18.4 Å². The first-order chi connectivity index (χ1) is 9.83. The molecular formula is C17H22N2O. The standard InChI is InChI=1S/C9H11N.C8H11NO/c1-2-6-9-8(4-1)5-3-7-10-9;1-10-8-4-2-7(6-9)3-5-8/h3,5,7H,1-2,4,6H2;2-5H,6,9H2,1H3. The maximum Gasteiger partial charge on any atom is 0.118 e. The van der Waals surface area contributed by atoms with Crippen molar-refractivity contribution >= 4 is 0 Å². The van der Waals surface area contributed by atoms with Gasteiger partial charge in [-0.15, -0.1) is 0 Å². The average Bonchev–Trinajstić information content (AvgIpc) is 2.55. The second-order valence-corrected chi connectivity index (χ2v) is 4.87. The Morgan fingerprint density at radius 1 is 1.10 bits per heavy atom. The topological polar surface area (TPSA) is 48.1 Å². The predicted octanol–water partition coefficient (Wildman–Crippen LogP) is 3.11. The Bertz CT molecular complexity index is 475. The van der Waals surface area contributed by atoms with E-state index in [0.717, 1.165) is 11.3 Å². The smallest absolute Gasteiger partial charge is 0.118 e. The highest BCUT2D eigenvalue weighted by Crippen LogP contribution is 2.17. The molecule has 3 heteroatoms. The van der Waals surface area contributed by atoms with Crippen molar-refractivity contribution in [3.8, 4) is 5.75 Å². The molecule has 1 aliphatic rings. The van der Waals surface area contributed by atoms with E-state index < -0.39 is 0 Å². The summed E-state index contributed by atoms with van der Waals surface area (Å²) >= 11 is 0. The van der Waals surface area contributed by atoms with Crippen LogP contribution in [0.15, 0.2) is 42.6 Å². The monoisotopic (exact) mass is 270 g/mol. The van der Waals surface area contributed by atoms with Crippen LogP contribution in [0.5, 0.6) is 5.75 Å². The Labute approximate surface area is 120 Å². The Morgan fingerprint density at radius 2 is 1.85 bits per heavy atom. The van der Waals surface area contributed by atoms with E-state index in [2.05, 4.69) is 11.1 Å². The molecule has 0 fully saturated rings. The van der Waals surface area contributed by atoms with Crippen molar-refractivity contribution in [2.75, 3.05) is 7.11 Å². The van der Waals surface area contributed by atoms with Gasteiger partial charge in [0.15, 0.2) is 0 Å². The van der Waals surface area contributed by atoms with Crippen LogP contribution in [0.4, 0.5) is 0 Å². The van der Waals surface area contributed by atoms with Crippen LogP contribution in [0.2, 0.25) is 0 Å². The minimum atomic E-state index is 0.587. The first-order valence-electron chi connectivity index (χ1n) is 7.09. The van der Waals surface area contributed by atoms with Gasteiger partial charge in [0.05, 0.1) is 7.11 Å². The van der Waals surface area contributed by atoms with Gasteiger partial charge in [-0.2, -0.15) is 0 Å². The third kappa shape index (κ3) is 4.07. The summed E-state index contributed by atoms with van der Waals surface area (Å²) < 4.78 is 4.97. The summed E-state index contributed by atoms with van der Waals surface area (Å²) in [5.41, 5.74) is 9.32. The molecule has 2 aromatic rings. The van der Waals surface area contributed by atoms with Crippen LogP contribution >= 0.6 is 0 Å². The Morgan fingerprint density at radius 3 is 2.50 bits per heavy atom. The molecule has 1 heterocycles. The first kappa shape index (κ1) is 14.5. The van der Waals surface area contributed by atoms with Crippen molar-refractivity contribution in [2.24, 2.45) is 5.73 Å². The van der Waals surface area contributed by atoms with Gasteiger partial charge in [-0.1, -0.05) is 18.2 Å². The van der Waals surface area contributed by atoms with Gasteiger partial charge in [0.25, 0.3) is 0 Å². The summed E-state index contributed by atoms with van der Waals surface area (Å²) in [4.78, 5) is 4.32. The van der Waals surface area contributed by atoms with Crippen molar-refractivity contribution in [1.29, 1.82) is 0 Å². The minimum absolute atomic E-state index is 0.587. The van der Waals surface area contributed by atoms with E-state index in [4.69, 9.17) is 10.5 Å². The van der Waals surface area contributed by atoms with Crippen LogP contribution in [0.25, 0.3) is 0 Å². The van der Waals surface area contributed by atoms with E-state index in [0.29, 0.717) is 6.54 Å². The molecule has 0 spiro atoms. The molecule has 3 nitrogen and oxygen atoms in total. The third-order valence-corrected chi connectivity index (χ3v) is 3.49. The molecule has 1 aromatic carbocycles. The van der Waals surface area contributed by atoms with E-state index in [-0.39, 0.29) is 0 Å². The molecule has 1 aliphatic carbocycles. The fourth-order valence-corrected chi connectivity index (χ4v) is 2.29. The molecule has 1 aromatic heterocycles. The summed E-state index contributed by atoms with van der Waals surface area (Å²) in [5, 5.41) is 0. The summed E-state index contributed by atoms with van der Waals surface area (Å²) in [5.74, 6) is 0.872. The second-order valence-electron chi connectivity index (χ2n) is 4.87. The molecule has 0 bridgehead atoms. The molecule has 0 aliphatic heterocycles. The van der Waals surface area contributed by atoms with Crippen molar-refractivity contribution in [1.82, 2.24) is 4.98 Å². The van der Waals surface area contributed by atoms with E-state index in [1.165, 1.54) is 36.9 Å². The fraction of sp³-hybridized carbons (Fsp3) is 0.353. The molecule has 0 radical (unpaired) electrons. The minimum Gasteiger partial charge on any atom is -0.497 e. The fourth-order valence-electron chi connectivity index (χ4n) is 2.29. The molecule has 0 unspecified atom stereocenters. The van der Waals surface area contributed by atoms with Crippen LogP contribution in [0, 0.1) is 0 Å². The van der Waals surface area contributed by atoms with E-state index in [1.54, 1.807) is 7.11 Å². The van der Waals surface area contributed by atoms with Gasteiger partial charge < -0.3 is 10.5 Å². The van der Waals surface area contributed by atoms with Gasteiger partial charge in [0.2, 0.25) is 0 Å². The molecule has 20 heavy (non-hydrogen) atoms. The van der Waals surface area contributed by atoms with Gasteiger partial charge in [-0.25, -0.2) is 0 Å². The van der Waals surface area contributed by atoms with Crippen LogP contribution in [-0.2, 0) is 19.4 Å². The predicted molar refractivity (Wildman–Crippen MR) is 81.8 cm³/mol. The molecule has 0 saturated heterocycles. The number of aryl methyl sites for hydroxylation is 2. The number of fused-ring (bicyclic) bond motifs is 1. The van der Waals surface area contributed by atoms with Gasteiger partial charge >= 0.3 is 0 Å². The molecule has 0 atom stereocenters. The van der Waals surface area contributed by atoms with Gasteiger partial charge in [-0.05, 0) is 55.0 Å². The lowest BCUT2D eigenvalue weighted by molar-refractivity contribution is 0.414. The lowest BCUT2D eigenvalue weighted by Gasteiger charge is -2.12. The number of nitrogens with zero attached hydrogens (tertiary/aromatic N) is 1. The quantitative estimate of drug-likeness (QED) is 0.912. The lowest BCUT2D eigenvalue weighted by atomic mass is 9.96. The molecule has 3 rings (SSSR count). The molecule has 106 valence electrons.